The van der Waals surface area contributed by atoms with Crippen molar-refractivity contribution in [3.8, 4) is 5.69 Å². The van der Waals surface area contributed by atoms with Crippen LogP contribution in [0, 0.1) is 17.2 Å². The molecule has 4 aromatic rings. The van der Waals surface area contributed by atoms with E-state index in [0.29, 0.717) is 36.3 Å². The van der Waals surface area contributed by atoms with Crippen molar-refractivity contribution in [3.63, 3.8) is 0 Å². The molecule has 1 saturated carbocycles. The topological polar surface area (TPSA) is 98.8 Å². The SMILES string of the molecule is C=S(=O)(c1cnn(C)c1)N(C(C)C)[C@H]1CCC2=Cc3c(cnn3-c3ccc(F)nc3)C[C@]2(C(=O)c2cc(F)ccn2)C1. The molecule has 12 heteroatoms. The molecule has 0 bridgehead atoms. The van der Waals surface area contributed by atoms with Gasteiger partial charge in [-0.1, -0.05) is 5.57 Å². The summed E-state index contributed by atoms with van der Waals surface area (Å²) in [5.41, 5.74) is 2.03. The molecule has 3 atom stereocenters. The third kappa shape index (κ3) is 4.68. The van der Waals surface area contributed by atoms with Gasteiger partial charge in [-0.15, -0.1) is 0 Å². The highest BCUT2D eigenvalue weighted by Crippen LogP contribution is 2.51. The summed E-state index contributed by atoms with van der Waals surface area (Å²) in [6, 6.07) is 4.81. The van der Waals surface area contributed by atoms with Crippen LogP contribution in [-0.2, 0) is 23.2 Å². The average Bonchev–Trinajstić information content (AvgIpc) is 3.57. The number of Topliss-reactive ketones (excluding diaryl/α,β-unsaturated/α-hetero) is 1. The number of ketones is 1. The first kappa shape index (κ1) is 28.1. The maximum absolute atomic E-state index is 14.4. The Hall–Kier alpha value is -4.03. The molecule has 4 heterocycles. The number of nitrogens with zero attached hydrogens (tertiary/aromatic N) is 7. The molecule has 42 heavy (non-hydrogen) atoms. The molecule has 0 aliphatic heterocycles. The summed E-state index contributed by atoms with van der Waals surface area (Å²) in [6.45, 7) is 3.93. The van der Waals surface area contributed by atoms with E-state index in [1.165, 1.54) is 30.6 Å². The number of halogens is 2. The molecule has 0 spiro atoms. The molecule has 1 fully saturated rings. The summed E-state index contributed by atoms with van der Waals surface area (Å²) in [4.78, 5) is 23.0. The van der Waals surface area contributed by atoms with E-state index >= 15 is 0 Å². The fourth-order valence-electron chi connectivity index (χ4n) is 6.46. The van der Waals surface area contributed by atoms with Gasteiger partial charge in [-0.25, -0.2) is 22.6 Å². The number of carbonyl (C=O) groups excluding carboxylic acids is 1. The second-order valence-corrected chi connectivity index (χ2v) is 13.4. The first-order valence-corrected chi connectivity index (χ1v) is 15.4. The van der Waals surface area contributed by atoms with Gasteiger partial charge >= 0.3 is 0 Å². The number of fused-ring (bicyclic) bond motifs is 2. The first-order valence-electron chi connectivity index (χ1n) is 13.7. The molecule has 4 aromatic heterocycles. The highest BCUT2D eigenvalue weighted by Gasteiger charge is 2.51. The number of aryl methyl sites for hydroxylation is 1. The Balaban J connectivity index is 1.46. The van der Waals surface area contributed by atoms with Crippen LogP contribution in [0.1, 0.15) is 54.9 Å². The molecular weight excluding hydrogens is 560 g/mol. The predicted molar refractivity (Wildman–Crippen MR) is 155 cm³/mol. The van der Waals surface area contributed by atoms with Gasteiger partial charge < -0.3 is 0 Å². The van der Waals surface area contributed by atoms with Crippen LogP contribution in [0.15, 0.2) is 65.7 Å². The molecule has 2 aliphatic carbocycles. The van der Waals surface area contributed by atoms with Gasteiger partial charge in [-0.05, 0) is 75.2 Å². The van der Waals surface area contributed by atoms with Gasteiger partial charge in [-0.3, -0.25) is 14.5 Å². The largest absolute Gasteiger partial charge is 0.291 e. The minimum absolute atomic E-state index is 0.0406. The maximum Gasteiger partial charge on any atom is 0.212 e. The third-order valence-electron chi connectivity index (χ3n) is 8.24. The molecule has 1 unspecified atom stereocenters. The lowest BCUT2D eigenvalue weighted by molar-refractivity contribution is 0.0726. The number of pyridine rings is 2. The molecule has 9 nitrogen and oxygen atoms in total. The predicted octanol–water partition coefficient (Wildman–Crippen LogP) is 4.44. The van der Waals surface area contributed by atoms with Gasteiger partial charge in [0.05, 0.1) is 50.0 Å². The van der Waals surface area contributed by atoms with Crippen molar-refractivity contribution < 1.29 is 17.8 Å². The zero-order chi connectivity index (χ0) is 29.8. The molecule has 0 radical (unpaired) electrons. The minimum atomic E-state index is -2.95. The van der Waals surface area contributed by atoms with Crippen molar-refractivity contribution in [2.24, 2.45) is 12.5 Å². The Morgan fingerprint density at radius 2 is 1.98 bits per heavy atom. The van der Waals surface area contributed by atoms with Crippen LogP contribution in [0.3, 0.4) is 0 Å². The van der Waals surface area contributed by atoms with E-state index in [4.69, 9.17) is 0 Å². The van der Waals surface area contributed by atoms with Crippen LogP contribution in [0.25, 0.3) is 11.8 Å². The van der Waals surface area contributed by atoms with E-state index in [9.17, 15) is 17.8 Å². The van der Waals surface area contributed by atoms with Crippen molar-refractivity contribution in [2.45, 2.75) is 56.5 Å². The van der Waals surface area contributed by atoms with Crippen LogP contribution in [0.4, 0.5) is 8.78 Å². The first-order chi connectivity index (χ1) is 20.0. The van der Waals surface area contributed by atoms with Crippen LogP contribution >= 0.6 is 0 Å². The highest BCUT2D eigenvalue weighted by molar-refractivity contribution is 7.98. The van der Waals surface area contributed by atoms with Crippen LogP contribution < -0.4 is 0 Å². The van der Waals surface area contributed by atoms with E-state index < -0.39 is 26.9 Å². The highest BCUT2D eigenvalue weighted by atomic mass is 32.2. The van der Waals surface area contributed by atoms with Crippen molar-refractivity contribution >= 4 is 27.4 Å². The fraction of sp³-hybridized carbons (Fsp3) is 0.333. The quantitative estimate of drug-likeness (QED) is 0.179. The van der Waals surface area contributed by atoms with Crippen molar-refractivity contribution in [3.05, 3.63) is 89.5 Å². The molecule has 0 aromatic carbocycles. The summed E-state index contributed by atoms with van der Waals surface area (Å²) >= 11 is 0. The van der Waals surface area contributed by atoms with Crippen molar-refractivity contribution in [1.82, 2.24) is 33.8 Å². The number of aromatic nitrogens is 6. The van der Waals surface area contributed by atoms with E-state index in [0.717, 1.165) is 16.8 Å². The second-order valence-electron chi connectivity index (χ2n) is 11.3. The lowest BCUT2D eigenvalue weighted by Crippen LogP contribution is -2.52. The molecule has 2 aliphatic rings. The molecule has 218 valence electrons. The van der Waals surface area contributed by atoms with Gasteiger partial charge in [0.2, 0.25) is 5.95 Å². The maximum atomic E-state index is 14.4. The van der Waals surface area contributed by atoms with Gasteiger partial charge in [-0.2, -0.15) is 14.6 Å². The Labute approximate surface area is 243 Å². The van der Waals surface area contributed by atoms with E-state index in [1.54, 1.807) is 41.1 Å². The zero-order valence-electron chi connectivity index (χ0n) is 23.6. The van der Waals surface area contributed by atoms with Crippen molar-refractivity contribution in [2.75, 3.05) is 0 Å². The number of allylic oxidation sites excluding steroid dienone is 1. The van der Waals surface area contributed by atoms with Crippen LogP contribution in [0.5, 0.6) is 0 Å². The standard InChI is InChI=1S/C30H31F2N7O2S/c1-19(2)39(42(4,41)25-17-35-37(3)18-25)23-6-5-21-11-27-20(15-36-38(27)24-7-8-28(32)34-16-24)13-30(21,14-23)29(40)26-12-22(31)9-10-33-26/h7-12,15-19,23H,4-6,13-14H2,1-3H3/t23-,30-,42?/m0/s1. The lowest BCUT2D eigenvalue weighted by Gasteiger charge is -2.48. The Kier molecular flexibility index (Phi) is 6.93. The Morgan fingerprint density at radius 3 is 2.64 bits per heavy atom. The summed E-state index contributed by atoms with van der Waals surface area (Å²) in [6.07, 6.45) is 11.4. The molecular formula is C30H31F2N7O2S. The van der Waals surface area contributed by atoms with Gasteiger partial charge in [0.1, 0.15) is 11.5 Å². The Bertz CT molecular complexity index is 1810. The third-order valence-corrected chi connectivity index (χ3v) is 10.6. The normalized spacial score (nSPS) is 21.5. The summed E-state index contributed by atoms with van der Waals surface area (Å²) in [5, 5.41) is 8.76. The molecule has 0 amide bonds. The number of carbonyl (C=O) groups is 1. The molecule has 6 rings (SSSR count). The zero-order valence-corrected chi connectivity index (χ0v) is 24.4. The van der Waals surface area contributed by atoms with E-state index in [-0.39, 0.29) is 23.6 Å². The van der Waals surface area contributed by atoms with Crippen LogP contribution in [0.2, 0.25) is 0 Å². The lowest BCUT2D eigenvalue weighted by atomic mass is 9.60. The second kappa shape index (κ2) is 10.4. The fourth-order valence-corrected chi connectivity index (χ4v) is 8.58. The smallest absolute Gasteiger partial charge is 0.212 e. The van der Waals surface area contributed by atoms with E-state index in [1.807, 2.05) is 24.2 Å². The number of rotatable bonds is 7. The number of hydrogen-bond donors (Lipinski definition) is 0. The van der Waals surface area contributed by atoms with Gasteiger partial charge in [0, 0.05) is 37.6 Å². The average molecular weight is 592 g/mol. The number of hydrogen-bond acceptors (Lipinski definition) is 6. The van der Waals surface area contributed by atoms with Crippen LogP contribution in [-0.4, -0.2) is 61.8 Å². The summed E-state index contributed by atoms with van der Waals surface area (Å²) in [7, 11) is -1.19. The van der Waals surface area contributed by atoms with Gasteiger partial charge in [0.15, 0.2) is 5.78 Å². The minimum Gasteiger partial charge on any atom is -0.291 e. The molecule has 0 saturated heterocycles. The van der Waals surface area contributed by atoms with E-state index in [2.05, 4.69) is 26.0 Å². The van der Waals surface area contributed by atoms with Crippen molar-refractivity contribution in [1.29, 1.82) is 0 Å². The summed E-state index contributed by atoms with van der Waals surface area (Å²) < 4.78 is 47.3. The summed E-state index contributed by atoms with van der Waals surface area (Å²) in [5.74, 6) is 2.74. The van der Waals surface area contributed by atoms with Gasteiger partial charge in [0.25, 0.3) is 0 Å². The molecule has 0 N–H and O–H groups in total. The Morgan fingerprint density at radius 1 is 1.17 bits per heavy atom. The monoisotopic (exact) mass is 591 g/mol.